The molecule has 6 heteroatoms. The minimum Gasteiger partial charge on any atom is -0.337 e. The smallest absolute Gasteiger partial charge is 0.233 e. The highest BCUT2D eigenvalue weighted by Crippen LogP contribution is 2.30. The summed E-state index contributed by atoms with van der Waals surface area (Å²) >= 11 is 1.61. The van der Waals surface area contributed by atoms with Gasteiger partial charge < -0.3 is 4.90 Å². The molecule has 136 valence electrons. The summed E-state index contributed by atoms with van der Waals surface area (Å²) in [5.74, 6) is 1.36. The first kappa shape index (κ1) is 17.5. The summed E-state index contributed by atoms with van der Waals surface area (Å²) in [5.41, 5.74) is 1.25. The molecule has 0 N–H and O–H groups in total. The lowest BCUT2D eigenvalue weighted by Crippen LogP contribution is -2.48. The normalized spacial score (nSPS) is 23.0. The van der Waals surface area contributed by atoms with Gasteiger partial charge in [-0.15, -0.1) is 11.8 Å². The number of piperidine rings is 1. The molecular weight excluding hydrogens is 344 g/mol. The van der Waals surface area contributed by atoms with E-state index in [0.717, 1.165) is 37.5 Å². The SMILES string of the molecule is O=C(CSc1ccncc1)N1C[C@@H]2CC[C@H]1CN(Cc1cccnc1)C2. The largest absolute Gasteiger partial charge is 0.337 e. The third-order valence-corrected chi connectivity index (χ3v) is 6.25. The predicted molar refractivity (Wildman–Crippen MR) is 103 cm³/mol. The fourth-order valence-electron chi connectivity index (χ4n) is 4.03. The van der Waals surface area contributed by atoms with Gasteiger partial charge in [-0.2, -0.15) is 0 Å². The van der Waals surface area contributed by atoms with Gasteiger partial charge in [0.05, 0.1) is 5.75 Å². The molecule has 0 aromatic carbocycles. The van der Waals surface area contributed by atoms with Gasteiger partial charge in [-0.3, -0.25) is 19.7 Å². The molecule has 2 bridgehead atoms. The molecule has 1 amide bonds. The molecule has 0 spiro atoms. The molecule has 0 radical (unpaired) electrons. The number of fused-ring (bicyclic) bond motifs is 4. The number of amides is 1. The molecular formula is C20H24N4OS. The van der Waals surface area contributed by atoms with Crippen LogP contribution < -0.4 is 0 Å². The number of hydrogen-bond donors (Lipinski definition) is 0. The van der Waals surface area contributed by atoms with Crippen molar-refractivity contribution in [2.45, 2.75) is 30.3 Å². The van der Waals surface area contributed by atoms with Crippen LogP contribution in [0.2, 0.25) is 0 Å². The van der Waals surface area contributed by atoms with Crippen LogP contribution in [0.3, 0.4) is 0 Å². The predicted octanol–water partition coefficient (Wildman–Crippen LogP) is 2.69. The van der Waals surface area contributed by atoms with Crippen LogP contribution in [0.1, 0.15) is 18.4 Å². The van der Waals surface area contributed by atoms with E-state index in [-0.39, 0.29) is 5.91 Å². The van der Waals surface area contributed by atoms with Crippen LogP contribution >= 0.6 is 11.8 Å². The van der Waals surface area contributed by atoms with Gasteiger partial charge in [-0.25, -0.2) is 0 Å². The van der Waals surface area contributed by atoms with Crippen LogP contribution in [0.15, 0.2) is 53.9 Å². The summed E-state index contributed by atoms with van der Waals surface area (Å²) < 4.78 is 0. The third-order valence-electron chi connectivity index (χ3n) is 5.25. The first-order chi connectivity index (χ1) is 12.8. The molecule has 5 rings (SSSR count). The summed E-state index contributed by atoms with van der Waals surface area (Å²) in [4.78, 5) is 26.8. The van der Waals surface area contributed by atoms with Gasteiger partial charge in [0.25, 0.3) is 0 Å². The summed E-state index contributed by atoms with van der Waals surface area (Å²) in [6.45, 7) is 3.88. The molecule has 0 unspecified atom stereocenters. The van der Waals surface area contributed by atoms with Gasteiger partial charge in [0, 0.05) is 61.9 Å². The summed E-state index contributed by atoms with van der Waals surface area (Å²) in [6.07, 6.45) is 9.67. The number of hydrogen-bond acceptors (Lipinski definition) is 5. The second-order valence-electron chi connectivity index (χ2n) is 7.17. The van der Waals surface area contributed by atoms with Crippen LogP contribution in [0.25, 0.3) is 0 Å². The highest BCUT2D eigenvalue weighted by molar-refractivity contribution is 8.00. The zero-order chi connectivity index (χ0) is 17.8. The quantitative estimate of drug-likeness (QED) is 0.760. The van der Waals surface area contributed by atoms with Crippen molar-refractivity contribution in [3.63, 3.8) is 0 Å². The Kier molecular flexibility index (Phi) is 5.51. The second-order valence-corrected chi connectivity index (χ2v) is 8.22. The number of nitrogens with zero attached hydrogens (tertiary/aromatic N) is 4. The van der Waals surface area contributed by atoms with Crippen LogP contribution in [0, 0.1) is 5.92 Å². The molecule has 26 heavy (non-hydrogen) atoms. The third kappa shape index (κ3) is 4.24. The maximum atomic E-state index is 12.8. The van der Waals surface area contributed by atoms with Crippen LogP contribution in [0.5, 0.6) is 0 Å². The van der Waals surface area contributed by atoms with Crippen molar-refractivity contribution in [3.8, 4) is 0 Å². The molecule has 3 aliphatic heterocycles. The number of carbonyl (C=O) groups excluding carboxylic acids is 1. The van der Waals surface area contributed by atoms with E-state index < -0.39 is 0 Å². The first-order valence-corrected chi connectivity index (χ1v) is 10.2. The lowest BCUT2D eigenvalue weighted by atomic mass is 9.95. The molecule has 2 atom stereocenters. The molecule has 2 aromatic rings. The van der Waals surface area contributed by atoms with Gasteiger partial charge in [-0.05, 0) is 42.5 Å². The Bertz CT molecular complexity index is 727. The van der Waals surface area contributed by atoms with Crippen molar-refractivity contribution in [1.82, 2.24) is 19.8 Å². The van der Waals surface area contributed by atoms with E-state index in [9.17, 15) is 4.79 Å². The highest BCUT2D eigenvalue weighted by Gasteiger charge is 2.36. The average molecular weight is 369 g/mol. The Morgan fingerprint density at radius 2 is 1.96 bits per heavy atom. The van der Waals surface area contributed by atoms with Crippen molar-refractivity contribution < 1.29 is 4.79 Å². The van der Waals surface area contributed by atoms with E-state index in [2.05, 4.69) is 25.8 Å². The Balaban J connectivity index is 1.37. The number of thioether (sulfide) groups is 1. The molecule has 0 aliphatic carbocycles. The van der Waals surface area contributed by atoms with Crippen molar-refractivity contribution in [3.05, 3.63) is 54.6 Å². The lowest BCUT2D eigenvalue weighted by molar-refractivity contribution is -0.132. The molecule has 5 nitrogen and oxygen atoms in total. The Hall–Kier alpha value is -1.92. The zero-order valence-electron chi connectivity index (χ0n) is 14.8. The maximum absolute atomic E-state index is 12.8. The monoisotopic (exact) mass is 368 g/mol. The summed E-state index contributed by atoms with van der Waals surface area (Å²) in [5, 5.41) is 0. The Morgan fingerprint density at radius 1 is 1.08 bits per heavy atom. The Labute approximate surface area is 158 Å². The second kappa shape index (κ2) is 8.18. The minimum absolute atomic E-state index is 0.268. The average Bonchev–Trinajstić information content (AvgIpc) is 2.98. The summed E-state index contributed by atoms with van der Waals surface area (Å²) in [6, 6.07) is 8.39. The number of pyridine rings is 2. The number of rotatable bonds is 5. The van der Waals surface area contributed by atoms with E-state index in [4.69, 9.17) is 0 Å². The topological polar surface area (TPSA) is 49.3 Å². The van der Waals surface area contributed by atoms with Crippen LogP contribution in [0.4, 0.5) is 0 Å². The zero-order valence-corrected chi connectivity index (χ0v) is 15.6. The minimum atomic E-state index is 0.268. The molecule has 3 saturated heterocycles. The van der Waals surface area contributed by atoms with Crippen molar-refractivity contribution in [2.75, 3.05) is 25.4 Å². The van der Waals surface area contributed by atoms with Crippen molar-refractivity contribution in [1.29, 1.82) is 0 Å². The number of aromatic nitrogens is 2. The molecule has 3 fully saturated rings. The fourth-order valence-corrected chi connectivity index (χ4v) is 4.80. The van der Waals surface area contributed by atoms with E-state index >= 15 is 0 Å². The molecule has 0 saturated carbocycles. The first-order valence-electron chi connectivity index (χ1n) is 9.21. The Morgan fingerprint density at radius 3 is 2.77 bits per heavy atom. The van der Waals surface area contributed by atoms with Crippen molar-refractivity contribution in [2.24, 2.45) is 5.92 Å². The van der Waals surface area contributed by atoms with Crippen LogP contribution in [-0.2, 0) is 11.3 Å². The number of carbonyl (C=O) groups is 1. The summed E-state index contributed by atoms with van der Waals surface area (Å²) in [7, 11) is 0. The van der Waals surface area contributed by atoms with Crippen molar-refractivity contribution >= 4 is 17.7 Å². The molecule has 2 aromatic heterocycles. The van der Waals surface area contributed by atoms with E-state index in [1.54, 1.807) is 24.2 Å². The van der Waals surface area contributed by atoms with E-state index in [0.29, 0.717) is 17.7 Å². The highest BCUT2D eigenvalue weighted by atomic mass is 32.2. The maximum Gasteiger partial charge on any atom is 0.233 e. The van der Waals surface area contributed by atoms with Gasteiger partial charge >= 0.3 is 0 Å². The fraction of sp³-hybridized carbons (Fsp3) is 0.450. The molecule has 3 aliphatic rings. The van der Waals surface area contributed by atoms with Gasteiger partial charge in [0.2, 0.25) is 5.91 Å². The van der Waals surface area contributed by atoms with Gasteiger partial charge in [0.1, 0.15) is 0 Å². The van der Waals surface area contributed by atoms with E-state index in [1.165, 1.54) is 12.0 Å². The standard InChI is InChI=1S/C20H24N4OS/c25-20(15-26-19-5-8-21-9-6-19)24-13-17-3-4-18(24)14-23(12-17)11-16-2-1-7-22-10-16/h1-2,5-10,17-18H,3-4,11-15H2/t17-,18+/m1/s1. The van der Waals surface area contributed by atoms with Gasteiger partial charge in [0.15, 0.2) is 0 Å². The lowest BCUT2D eigenvalue weighted by Gasteiger charge is -2.36. The van der Waals surface area contributed by atoms with E-state index in [1.807, 2.05) is 30.6 Å². The van der Waals surface area contributed by atoms with Gasteiger partial charge in [-0.1, -0.05) is 6.07 Å². The van der Waals surface area contributed by atoms with Crippen LogP contribution in [-0.4, -0.2) is 57.1 Å². The molecule has 5 heterocycles.